The second kappa shape index (κ2) is 2.49. The van der Waals surface area contributed by atoms with E-state index >= 15 is 0 Å². The fourth-order valence-corrected chi connectivity index (χ4v) is 0.742. The van der Waals surface area contributed by atoms with Crippen LogP contribution in [0.5, 0.6) is 0 Å². The first-order chi connectivity index (χ1) is 4.34. The zero-order chi connectivity index (χ0) is 6.69. The van der Waals surface area contributed by atoms with Crippen molar-refractivity contribution in [1.82, 2.24) is 0 Å². The molecule has 1 rings (SSSR count). The van der Waals surface area contributed by atoms with Crippen molar-refractivity contribution in [3.63, 3.8) is 0 Å². The summed E-state index contributed by atoms with van der Waals surface area (Å²) in [6.45, 7) is 4.00. The van der Waals surface area contributed by atoms with Gasteiger partial charge in [0.15, 0.2) is 0 Å². The highest BCUT2D eigenvalue weighted by Gasteiger charge is 2.16. The first kappa shape index (κ1) is 6.08. The number of carbonyl (C=O) groups excluding carboxylic acids is 1. The highest BCUT2D eigenvalue weighted by Crippen LogP contribution is 2.11. The van der Waals surface area contributed by atoms with E-state index in [1.54, 1.807) is 12.2 Å². The van der Waals surface area contributed by atoms with Gasteiger partial charge in [0.25, 0.3) is 0 Å². The van der Waals surface area contributed by atoms with Gasteiger partial charge < -0.3 is 4.74 Å². The van der Waals surface area contributed by atoms with Gasteiger partial charge in [-0.05, 0) is 0 Å². The Morgan fingerprint density at radius 1 is 1.67 bits per heavy atom. The minimum absolute atomic E-state index is 0.199. The lowest BCUT2D eigenvalue weighted by Crippen LogP contribution is -1.93. The Balaban J connectivity index is 2.69. The average molecular weight is 124 g/mol. The van der Waals surface area contributed by atoms with Crippen LogP contribution >= 0.6 is 0 Å². The van der Waals surface area contributed by atoms with Crippen molar-refractivity contribution in [1.29, 1.82) is 0 Å². The molecule has 48 valence electrons. The van der Waals surface area contributed by atoms with Crippen molar-refractivity contribution < 1.29 is 9.53 Å². The maximum absolute atomic E-state index is 10.6. The monoisotopic (exact) mass is 124 g/mol. The number of ether oxygens (including phenoxy) is 1. The molecule has 0 aliphatic carbocycles. The minimum atomic E-state index is -0.199. The van der Waals surface area contributed by atoms with Crippen molar-refractivity contribution >= 4 is 5.97 Å². The van der Waals surface area contributed by atoms with Crippen molar-refractivity contribution in [3.8, 4) is 0 Å². The summed E-state index contributed by atoms with van der Waals surface area (Å²) in [5.41, 5.74) is 0.727. The van der Waals surface area contributed by atoms with Crippen LogP contribution in [0.25, 0.3) is 0 Å². The first-order valence-electron chi connectivity index (χ1n) is 2.83. The summed E-state index contributed by atoms with van der Waals surface area (Å²) in [5.74, 6) is -0.199. The Bertz CT molecular complexity index is 168. The number of hydrogen-bond acceptors (Lipinski definition) is 2. The summed E-state index contributed by atoms with van der Waals surface area (Å²) in [4.78, 5) is 10.6. The molecule has 1 aliphatic heterocycles. The molecule has 9 heavy (non-hydrogen) atoms. The van der Waals surface area contributed by atoms with Crippen molar-refractivity contribution in [2.24, 2.45) is 0 Å². The molecule has 0 radical (unpaired) electrons. The number of carbonyl (C=O) groups is 1. The van der Waals surface area contributed by atoms with E-state index in [4.69, 9.17) is 0 Å². The minimum Gasteiger partial charge on any atom is -0.462 e. The van der Waals surface area contributed by atoms with Crippen LogP contribution in [0.4, 0.5) is 0 Å². The van der Waals surface area contributed by atoms with Gasteiger partial charge in [-0.1, -0.05) is 18.7 Å². The molecule has 0 N–H and O–H groups in total. The summed E-state index contributed by atoms with van der Waals surface area (Å²) in [7, 11) is 0. The fraction of sp³-hybridized carbons (Fsp3) is 0.286. The van der Waals surface area contributed by atoms with Gasteiger partial charge in [0.2, 0.25) is 0 Å². The largest absolute Gasteiger partial charge is 0.462 e. The zero-order valence-corrected chi connectivity index (χ0v) is 5.09. The van der Waals surface area contributed by atoms with Crippen molar-refractivity contribution in [2.45, 2.75) is 6.42 Å². The molecular formula is C7H8O2. The Labute approximate surface area is 53.8 Å². The summed E-state index contributed by atoms with van der Waals surface area (Å²) in [6.07, 6.45) is 4.02. The third-order valence-corrected chi connectivity index (χ3v) is 1.19. The fourth-order valence-electron chi connectivity index (χ4n) is 0.742. The lowest BCUT2D eigenvalue weighted by molar-refractivity contribution is -0.135. The Morgan fingerprint density at radius 3 is 2.89 bits per heavy atom. The molecule has 0 aromatic carbocycles. The summed E-state index contributed by atoms with van der Waals surface area (Å²) in [6, 6.07) is 0. The highest BCUT2D eigenvalue weighted by molar-refractivity contribution is 5.90. The van der Waals surface area contributed by atoms with Crippen LogP contribution in [0, 0.1) is 0 Å². The number of allylic oxidation sites excluding steroid dienone is 2. The molecular weight excluding hydrogens is 116 g/mol. The maximum atomic E-state index is 10.6. The third kappa shape index (κ3) is 1.19. The van der Waals surface area contributed by atoms with Gasteiger partial charge in [-0.2, -0.15) is 0 Å². The second-order valence-corrected chi connectivity index (χ2v) is 1.81. The second-order valence-electron chi connectivity index (χ2n) is 1.81. The van der Waals surface area contributed by atoms with Crippen LogP contribution < -0.4 is 0 Å². The quantitative estimate of drug-likeness (QED) is 0.385. The van der Waals surface area contributed by atoms with Gasteiger partial charge in [0.05, 0.1) is 6.61 Å². The Hall–Kier alpha value is -1.05. The molecule has 1 heterocycles. The smallest absolute Gasteiger partial charge is 0.334 e. The average Bonchev–Trinajstić information content (AvgIpc) is 2.18. The first-order valence-corrected chi connectivity index (χ1v) is 2.83. The lowest BCUT2D eigenvalue weighted by atomic mass is 10.2. The molecule has 0 atom stereocenters. The van der Waals surface area contributed by atoms with E-state index in [9.17, 15) is 4.79 Å². The predicted octanol–water partition coefficient (Wildman–Crippen LogP) is 1.05. The molecule has 0 aromatic heterocycles. The van der Waals surface area contributed by atoms with Gasteiger partial charge in [0.1, 0.15) is 0 Å². The van der Waals surface area contributed by atoms with Crippen LogP contribution in [0.2, 0.25) is 0 Å². The summed E-state index contributed by atoms with van der Waals surface area (Å²) in [5, 5.41) is 0. The summed E-state index contributed by atoms with van der Waals surface area (Å²) >= 11 is 0. The van der Waals surface area contributed by atoms with E-state index in [1.807, 2.05) is 0 Å². The molecule has 1 saturated heterocycles. The van der Waals surface area contributed by atoms with E-state index in [2.05, 4.69) is 11.3 Å². The molecule has 0 amide bonds. The molecule has 0 bridgehead atoms. The lowest BCUT2D eigenvalue weighted by Gasteiger charge is -1.85. The number of esters is 1. The predicted molar refractivity (Wildman–Crippen MR) is 33.9 cm³/mol. The van der Waals surface area contributed by atoms with E-state index in [0.717, 1.165) is 12.0 Å². The van der Waals surface area contributed by atoms with Crippen molar-refractivity contribution in [3.05, 3.63) is 24.3 Å². The topological polar surface area (TPSA) is 26.3 Å². The molecule has 1 aliphatic rings. The van der Waals surface area contributed by atoms with Crippen LogP contribution in [-0.2, 0) is 9.53 Å². The molecule has 0 unspecified atom stereocenters. The van der Waals surface area contributed by atoms with Gasteiger partial charge in [-0.15, -0.1) is 0 Å². The van der Waals surface area contributed by atoms with Crippen LogP contribution in [0.3, 0.4) is 0 Å². The molecule has 2 heteroatoms. The van der Waals surface area contributed by atoms with E-state index in [0.29, 0.717) is 6.61 Å². The van der Waals surface area contributed by atoms with E-state index in [1.165, 1.54) is 0 Å². The number of hydrogen-bond donors (Lipinski definition) is 0. The van der Waals surface area contributed by atoms with E-state index < -0.39 is 0 Å². The van der Waals surface area contributed by atoms with Gasteiger partial charge >= 0.3 is 5.97 Å². The van der Waals surface area contributed by atoms with Crippen molar-refractivity contribution in [2.75, 3.05) is 6.61 Å². The van der Waals surface area contributed by atoms with Gasteiger partial charge in [0, 0.05) is 12.0 Å². The van der Waals surface area contributed by atoms with E-state index in [-0.39, 0.29) is 5.97 Å². The molecule has 0 saturated carbocycles. The molecule has 0 aromatic rings. The molecule has 0 spiro atoms. The van der Waals surface area contributed by atoms with Crippen LogP contribution in [0.1, 0.15) is 6.42 Å². The van der Waals surface area contributed by atoms with Gasteiger partial charge in [-0.25, -0.2) is 4.79 Å². The Morgan fingerprint density at radius 2 is 2.44 bits per heavy atom. The number of cyclic esters (lactones) is 1. The van der Waals surface area contributed by atoms with Gasteiger partial charge in [-0.3, -0.25) is 0 Å². The Kier molecular flexibility index (Phi) is 1.68. The summed E-state index contributed by atoms with van der Waals surface area (Å²) < 4.78 is 4.66. The maximum Gasteiger partial charge on any atom is 0.334 e. The van der Waals surface area contributed by atoms with Crippen LogP contribution in [0.15, 0.2) is 24.3 Å². The number of rotatable bonds is 1. The zero-order valence-electron chi connectivity index (χ0n) is 5.09. The highest BCUT2D eigenvalue weighted by atomic mass is 16.5. The van der Waals surface area contributed by atoms with Crippen LogP contribution in [-0.4, -0.2) is 12.6 Å². The third-order valence-electron chi connectivity index (χ3n) is 1.19. The standard InChI is InChI=1S/C7H8O2/c1-2-3-6-4-5-9-7(6)8/h2-3H,1,4-5H2/b6-3-. The molecule has 2 nitrogen and oxygen atoms in total. The SMILES string of the molecule is C=C/C=C1/CCOC1=O. The normalized spacial score (nSPS) is 22.2. The molecule has 1 fully saturated rings.